The van der Waals surface area contributed by atoms with E-state index in [1.807, 2.05) is 48.9 Å². The molecule has 0 aliphatic heterocycles. The molecule has 1 aromatic heterocycles. The third-order valence-electron chi connectivity index (χ3n) is 5.14. The Kier molecular flexibility index (Phi) is 6.01. The second-order valence-corrected chi connectivity index (χ2v) is 7.82. The van der Waals surface area contributed by atoms with Crippen molar-refractivity contribution in [3.63, 3.8) is 0 Å². The van der Waals surface area contributed by atoms with Crippen LogP contribution in [-0.2, 0) is 12.1 Å². The zero-order valence-electron chi connectivity index (χ0n) is 17.2. The number of rotatable bonds is 8. The predicted octanol–water partition coefficient (Wildman–Crippen LogP) is 3.99. The van der Waals surface area contributed by atoms with E-state index in [1.165, 1.54) is 0 Å². The van der Waals surface area contributed by atoms with Gasteiger partial charge < -0.3 is 11.1 Å². The van der Waals surface area contributed by atoms with Crippen LogP contribution < -0.4 is 11.1 Å². The average Bonchev–Trinajstić information content (AvgIpc) is 3.07. The second-order valence-electron chi connectivity index (χ2n) is 7.82. The summed E-state index contributed by atoms with van der Waals surface area (Å²) in [5, 5.41) is 8.51. The van der Waals surface area contributed by atoms with Gasteiger partial charge >= 0.3 is 0 Å². The molecule has 0 aliphatic carbocycles. The molecular weight excluding hydrogens is 364 g/mol. The molecule has 0 radical (unpaired) electrons. The lowest BCUT2D eigenvalue weighted by atomic mass is 9.92. The van der Waals surface area contributed by atoms with Crippen molar-refractivity contribution in [2.24, 2.45) is 5.73 Å². The van der Waals surface area contributed by atoms with E-state index in [4.69, 9.17) is 5.73 Å². The van der Waals surface area contributed by atoms with Crippen molar-refractivity contribution in [2.75, 3.05) is 0 Å². The molecule has 0 aliphatic rings. The fraction of sp³-hybridized carbons (Fsp3) is 0.348. The van der Waals surface area contributed by atoms with Gasteiger partial charge in [0.15, 0.2) is 5.69 Å². The van der Waals surface area contributed by atoms with E-state index in [1.54, 1.807) is 18.2 Å². The average molecular weight is 393 g/mol. The lowest BCUT2D eigenvalue weighted by Gasteiger charge is -2.27. The molecule has 0 atom stereocenters. The number of hydrogen-bond acceptors (Lipinski definition) is 3. The molecule has 152 valence electrons. The summed E-state index contributed by atoms with van der Waals surface area (Å²) in [6.07, 6.45) is 3.28. The normalized spacial score (nSPS) is 11.6. The maximum atomic E-state index is 13.1. The Balaban J connectivity index is 1.89. The Hall–Kier alpha value is -3.15. The summed E-state index contributed by atoms with van der Waals surface area (Å²) in [5.74, 6) is -0.740. The van der Waals surface area contributed by atoms with Crippen LogP contribution in [0.2, 0.25) is 0 Å². The van der Waals surface area contributed by atoms with Gasteiger partial charge in [-0.2, -0.15) is 5.10 Å². The van der Waals surface area contributed by atoms with Crippen molar-refractivity contribution >= 4 is 22.7 Å². The molecule has 0 bridgehead atoms. The first kappa shape index (κ1) is 20.6. The molecule has 2 amide bonds. The van der Waals surface area contributed by atoms with Crippen LogP contribution in [0.5, 0.6) is 0 Å². The van der Waals surface area contributed by atoms with E-state index in [2.05, 4.69) is 17.3 Å². The molecule has 3 rings (SSSR count). The fourth-order valence-corrected chi connectivity index (χ4v) is 3.45. The van der Waals surface area contributed by atoms with Crippen molar-refractivity contribution in [2.45, 2.75) is 52.1 Å². The standard InChI is InChI=1S/C23H28N4O2/c1-4-5-8-14-27-19-13-7-6-12-18(19)20(26-27)22(29)25-23(2,3)17-11-9-10-16(15-17)21(24)28/h6-7,9-13,15H,4-5,8,14H2,1-3H3,(H2,24,28)(H,25,29). The Morgan fingerprint density at radius 2 is 1.86 bits per heavy atom. The molecular formula is C23H28N4O2. The first-order chi connectivity index (χ1) is 13.8. The van der Waals surface area contributed by atoms with E-state index in [9.17, 15) is 9.59 Å². The highest BCUT2D eigenvalue weighted by molar-refractivity contribution is 6.05. The molecule has 0 spiro atoms. The number of hydrogen-bond donors (Lipinski definition) is 2. The van der Waals surface area contributed by atoms with Crippen molar-refractivity contribution in [1.29, 1.82) is 0 Å². The van der Waals surface area contributed by atoms with Crippen LogP contribution in [0.4, 0.5) is 0 Å². The van der Waals surface area contributed by atoms with E-state index < -0.39 is 11.4 Å². The Bertz CT molecular complexity index is 1040. The maximum Gasteiger partial charge on any atom is 0.273 e. The van der Waals surface area contributed by atoms with Gasteiger partial charge in [-0.05, 0) is 44.0 Å². The van der Waals surface area contributed by atoms with Gasteiger partial charge in [-0.15, -0.1) is 0 Å². The van der Waals surface area contributed by atoms with Crippen molar-refractivity contribution in [3.05, 3.63) is 65.4 Å². The number of primary amides is 1. The number of unbranched alkanes of at least 4 members (excludes halogenated alkanes) is 2. The van der Waals surface area contributed by atoms with E-state index >= 15 is 0 Å². The molecule has 3 N–H and O–H groups in total. The number of fused-ring (bicyclic) bond motifs is 1. The first-order valence-corrected chi connectivity index (χ1v) is 10.0. The molecule has 6 heteroatoms. The summed E-state index contributed by atoms with van der Waals surface area (Å²) < 4.78 is 1.92. The Morgan fingerprint density at radius 3 is 2.59 bits per heavy atom. The van der Waals surface area contributed by atoms with Crippen molar-refractivity contribution in [3.8, 4) is 0 Å². The lowest BCUT2D eigenvalue weighted by molar-refractivity contribution is 0.0907. The number of para-hydroxylation sites is 1. The van der Waals surface area contributed by atoms with E-state index in [0.717, 1.165) is 42.3 Å². The summed E-state index contributed by atoms with van der Waals surface area (Å²) in [5.41, 5.74) is 7.28. The van der Waals surface area contributed by atoms with Crippen molar-refractivity contribution in [1.82, 2.24) is 15.1 Å². The van der Waals surface area contributed by atoms with Gasteiger partial charge in [-0.1, -0.05) is 50.1 Å². The summed E-state index contributed by atoms with van der Waals surface area (Å²) >= 11 is 0. The van der Waals surface area contributed by atoms with Gasteiger partial charge in [0.05, 0.1) is 11.1 Å². The second kappa shape index (κ2) is 8.47. The molecule has 0 fully saturated rings. The van der Waals surface area contributed by atoms with Gasteiger partial charge in [0, 0.05) is 17.5 Å². The van der Waals surface area contributed by atoms with Crippen LogP contribution in [-0.4, -0.2) is 21.6 Å². The number of carbonyl (C=O) groups is 2. The summed E-state index contributed by atoms with van der Waals surface area (Å²) in [4.78, 5) is 24.6. The molecule has 1 heterocycles. The number of nitrogens with two attached hydrogens (primary N) is 1. The zero-order valence-corrected chi connectivity index (χ0v) is 17.2. The van der Waals surface area contributed by atoms with Crippen LogP contribution in [0.1, 0.15) is 66.4 Å². The van der Waals surface area contributed by atoms with Gasteiger partial charge in [0.2, 0.25) is 5.91 Å². The topological polar surface area (TPSA) is 90.0 Å². The number of aryl methyl sites for hydroxylation is 1. The van der Waals surface area contributed by atoms with Crippen LogP contribution in [0.3, 0.4) is 0 Å². The number of benzene rings is 2. The smallest absolute Gasteiger partial charge is 0.273 e. The summed E-state index contributed by atoms with van der Waals surface area (Å²) in [6.45, 7) is 6.73. The Labute approximate surface area is 171 Å². The number of nitrogens with one attached hydrogen (secondary N) is 1. The molecule has 0 saturated carbocycles. The zero-order chi connectivity index (χ0) is 21.0. The minimum Gasteiger partial charge on any atom is -0.366 e. The molecule has 2 aromatic carbocycles. The third-order valence-corrected chi connectivity index (χ3v) is 5.14. The minimum atomic E-state index is -0.699. The van der Waals surface area contributed by atoms with Crippen molar-refractivity contribution < 1.29 is 9.59 Å². The lowest BCUT2D eigenvalue weighted by Crippen LogP contribution is -2.41. The molecule has 6 nitrogen and oxygen atoms in total. The van der Waals surface area contributed by atoms with Crippen LogP contribution in [0.15, 0.2) is 48.5 Å². The number of amides is 2. The van der Waals surface area contributed by atoms with E-state index in [-0.39, 0.29) is 5.91 Å². The number of nitrogens with zero attached hydrogens (tertiary/aromatic N) is 2. The number of carbonyl (C=O) groups excluding carboxylic acids is 2. The monoisotopic (exact) mass is 392 g/mol. The van der Waals surface area contributed by atoms with E-state index in [0.29, 0.717) is 11.3 Å². The van der Waals surface area contributed by atoms with Crippen LogP contribution in [0.25, 0.3) is 10.9 Å². The predicted molar refractivity (Wildman–Crippen MR) is 115 cm³/mol. The highest BCUT2D eigenvalue weighted by Gasteiger charge is 2.27. The number of aromatic nitrogens is 2. The summed E-state index contributed by atoms with van der Waals surface area (Å²) in [6, 6.07) is 14.8. The van der Waals surface area contributed by atoms with Gasteiger partial charge in [-0.25, -0.2) is 0 Å². The summed E-state index contributed by atoms with van der Waals surface area (Å²) in [7, 11) is 0. The largest absolute Gasteiger partial charge is 0.366 e. The molecule has 3 aromatic rings. The van der Waals surface area contributed by atoms with Crippen LogP contribution >= 0.6 is 0 Å². The highest BCUT2D eigenvalue weighted by Crippen LogP contribution is 2.24. The molecule has 0 unspecified atom stereocenters. The molecule has 0 saturated heterocycles. The first-order valence-electron chi connectivity index (χ1n) is 10.0. The highest BCUT2D eigenvalue weighted by atomic mass is 16.2. The quantitative estimate of drug-likeness (QED) is 0.568. The van der Waals surface area contributed by atoms with Gasteiger partial charge in [0.25, 0.3) is 5.91 Å². The SMILES string of the molecule is CCCCCn1nc(C(=O)NC(C)(C)c2cccc(C(N)=O)c2)c2ccccc21. The van der Waals surface area contributed by atoms with Gasteiger partial charge in [-0.3, -0.25) is 14.3 Å². The van der Waals surface area contributed by atoms with Crippen LogP contribution in [0, 0.1) is 0 Å². The third kappa shape index (κ3) is 4.47. The Morgan fingerprint density at radius 1 is 1.10 bits per heavy atom. The van der Waals surface area contributed by atoms with Gasteiger partial charge in [0.1, 0.15) is 0 Å². The fourth-order valence-electron chi connectivity index (χ4n) is 3.45. The molecule has 29 heavy (non-hydrogen) atoms. The maximum absolute atomic E-state index is 13.1. The minimum absolute atomic E-state index is 0.245.